The summed E-state index contributed by atoms with van der Waals surface area (Å²) in [5.74, 6) is -0.289. The predicted molar refractivity (Wildman–Crippen MR) is 93.9 cm³/mol. The number of likely N-dealkylation sites (tertiary alicyclic amines) is 1. The number of nitrogens with one attached hydrogen (secondary N) is 1. The molecule has 0 aromatic heterocycles. The van der Waals surface area contributed by atoms with E-state index in [1.54, 1.807) is 6.07 Å². The second-order valence-electron chi connectivity index (χ2n) is 6.59. The van der Waals surface area contributed by atoms with Crippen LogP contribution >= 0.6 is 0 Å². The minimum atomic E-state index is -0.638. The van der Waals surface area contributed by atoms with E-state index in [9.17, 15) is 9.65 Å². The van der Waals surface area contributed by atoms with Crippen LogP contribution in [-0.4, -0.2) is 23.0 Å². The highest BCUT2D eigenvalue weighted by Crippen LogP contribution is 2.31. The number of benzene rings is 2. The molecule has 4 heteroatoms. The minimum absolute atomic E-state index is 0.277. The lowest BCUT2D eigenvalue weighted by molar-refractivity contribution is 0.126. The molecule has 0 spiro atoms. The summed E-state index contributed by atoms with van der Waals surface area (Å²) in [6.07, 6.45) is 1.43. The summed E-state index contributed by atoms with van der Waals surface area (Å²) in [7, 11) is 0. The first-order valence-corrected chi connectivity index (χ1v) is 8.33. The molecular formula is C20H22FN3. The molecule has 1 N–H and O–H groups in total. The standard InChI is InChI=1S/C20H22FN3/c1-16-13-20(15-22,23-19-9-5-8-18(21)12-19)10-11-24(16)14-17-6-3-2-4-7-17/h2-9,12,16,23H,10-11,13-14H2,1H3/t16-,20-/m1/s1. The molecule has 0 aliphatic carbocycles. The molecular weight excluding hydrogens is 301 g/mol. The van der Waals surface area contributed by atoms with Crippen molar-refractivity contribution >= 4 is 5.69 Å². The molecule has 1 aliphatic heterocycles. The largest absolute Gasteiger partial charge is 0.367 e. The van der Waals surface area contributed by atoms with Crippen molar-refractivity contribution in [3.8, 4) is 6.07 Å². The van der Waals surface area contributed by atoms with Crippen molar-refractivity contribution in [2.75, 3.05) is 11.9 Å². The van der Waals surface area contributed by atoms with E-state index in [-0.39, 0.29) is 11.9 Å². The molecule has 2 aromatic rings. The molecule has 0 radical (unpaired) electrons. The smallest absolute Gasteiger partial charge is 0.128 e. The van der Waals surface area contributed by atoms with Gasteiger partial charge in [0.1, 0.15) is 11.4 Å². The monoisotopic (exact) mass is 323 g/mol. The number of hydrogen-bond acceptors (Lipinski definition) is 3. The van der Waals surface area contributed by atoms with Crippen LogP contribution in [0.3, 0.4) is 0 Å². The van der Waals surface area contributed by atoms with Gasteiger partial charge in [0.2, 0.25) is 0 Å². The first kappa shape index (κ1) is 16.5. The molecule has 3 rings (SSSR count). The topological polar surface area (TPSA) is 39.1 Å². The van der Waals surface area contributed by atoms with Gasteiger partial charge in [-0.2, -0.15) is 5.26 Å². The Balaban J connectivity index is 1.69. The maximum absolute atomic E-state index is 13.4. The summed E-state index contributed by atoms with van der Waals surface area (Å²) in [5.41, 5.74) is 1.31. The number of hydrogen-bond donors (Lipinski definition) is 1. The molecule has 24 heavy (non-hydrogen) atoms. The van der Waals surface area contributed by atoms with E-state index >= 15 is 0 Å². The molecule has 1 fully saturated rings. The van der Waals surface area contributed by atoms with Crippen molar-refractivity contribution in [2.45, 2.75) is 37.9 Å². The predicted octanol–water partition coefficient (Wildman–Crippen LogP) is 4.18. The highest BCUT2D eigenvalue weighted by molar-refractivity contribution is 5.48. The van der Waals surface area contributed by atoms with Crippen molar-refractivity contribution in [2.24, 2.45) is 0 Å². The van der Waals surface area contributed by atoms with Crippen LogP contribution < -0.4 is 5.32 Å². The number of halogens is 1. The second-order valence-corrected chi connectivity index (χ2v) is 6.59. The third-order valence-corrected chi connectivity index (χ3v) is 4.74. The van der Waals surface area contributed by atoms with Crippen molar-refractivity contribution < 1.29 is 4.39 Å². The Morgan fingerprint density at radius 2 is 2.04 bits per heavy atom. The Morgan fingerprint density at radius 3 is 2.71 bits per heavy atom. The first-order valence-electron chi connectivity index (χ1n) is 8.33. The number of anilines is 1. The molecule has 124 valence electrons. The van der Waals surface area contributed by atoms with Gasteiger partial charge in [-0.05, 0) is 43.5 Å². The molecule has 0 bridgehead atoms. The molecule has 0 amide bonds. The summed E-state index contributed by atoms with van der Waals surface area (Å²) in [4.78, 5) is 2.40. The average Bonchev–Trinajstić information content (AvgIpc) is 2.58. The van der Waals surface area contributed by atoms with E-state index in [4.69, 9.17) is 0 Å². The second kappa shape index (κ2) is 7.02. The van der Waals surface area contributed by atoms with Crippen molar-refractivity contribution in [1.82, 2.24) is 4.90 Å². The van der Waals surface area contributed by atoms with Crippen molar-refractivity contribution in [3.63, 3.8) is 0 Å². The van der Waals surface area contributed by atoms with E-state index in [1.165, 1.54) is 17.7 Å². The molecule has 2 atom stereocenters. The third-order valence-electron chi connectivity index (χ3n) is 4.74. The fraction of sp³-hybridized carbons (Fsp3) is 0.350. The van der Waals surface area contributed by atoms with Crippen LogP contribution in [0.2, 0.25) is 0 Å². The number of nitriles is 1. The normalized spacial score (nSPS) is 24.3. The van der Waals surface area contributed by atoms with Gasteiger partial charge >= 0.3 is 0 Å². The zero-order valence-corrected chi connectivity index (χ0v) is 13.9. The molecule has 3 nitrogen and oxygen atoms in total. The Bertz CT molecular complexity index is 725. The van der Waals surface area contributed by atoms with Gasteiger partial charge in [-0.25, -0.2) is 4.39 Å². The summed E-state index contributed by atoms with van der Waals surface area (Å²) >= 11 is 0. The van der Waals surface area contributed by atoms with Gasteiger partial charge in [0.25, 0.3) is 0 Å². The van der Waals surface area contributed by atoms with E-state index < -0.39 is 5.54 Å². The van der Waals surface area contributed by atoms with Gasteiger partial charge in [-0.1, -0.05) is 36.4 Å². The van der Waals surface area contributed by atoms with E-state index in [1.807, 2.05) is 12.1 Å². The van der Waals surface area contributed by atoms with Gasteiger partial charge in [-0.3, -0.25) is 4.90 Å². The van der Waals surface area contributed by atoms with Crippen LogP contribution in [0.4, 0.5) is 10.1 Å². The van der Waals surface area contributed by atoms with Crippen LogP contribution in [0.5, 0.6) is 0 Å². The van der Waals surface area contributed by atoms with Gasteiger partial charge in [0.15, 0.2) is 0 Å². The van der Waals surface area contributed by atoms with Crippen LogP contribution in [0, 0.1) is 17.1 Å². The van der Waals surface area contributed by atoms with Crippen LogP contribution in [0.15, 0.2) is 54.6 Å². The van der Waals surface area contributed by atoms with Gasteiger partial charge in [0.05, 0.1) is 6.07 Å². The third kappa shape index (κ3) is 3.74. The Hall–Kier alpha value is -2.38. The lowest BCUT2D eigenvalue weighted by Crippen LogP contribution is -2.52. The Labute approximate surface area is 142 Å². The summed E-state index contributed by atoms with van der Waals surface area (Å²) in [6.45, 7) is 3.89. The van der Waals surface area contributed by atoms with Crippen molar-refractivity contribution in [1.29, 1.82) is 5.26 Å². The zero-order chi connectivity index (χ0) is 17.0. The van der Waals surface area contributed by atoms with Gasteiger partial charge in [0, 0.05) is 24.8 Å². The SMILES string of the molecule is C[C@@H]1C[C@](C#N)(Nc2cccc(F)c2)CCN1Cc1ccccc1. The quantitative estimate of drug-likeness (QED) is 0.917. The number of nitrogens with zero attached hydrogens (tertiary/aromatic N) is 2. The molecule has 0 saturated carbocycles. The Morgan fingerprint density at radius 1 is 1.25 bits per heavy atom. The summed E-state index contributed by atoms with van der Waals surface area (Å²) in [6, 6.07) is 19.4. The molecule has 0 unspecified atom stereocenters. The number of piperidine rings is 1. The fourth-order valence-corrected chi connectivity index (χ4v) is 3.43. The lowest BCUT2D eigenvalue weighted by Gasteiger charge is -2.42. The van der Waals surface area contributed by atoms with Gasteiger partial charge in [-0.15, -0.1) is 0 Å². The van der Waals surface area contributed by atoms with E-state index in [0.717, 1.165) is 19.5 Å². The Kier molecular flexibility index (Phi) is 4.82. The summed E-state index contributed by atoms with van der Waals surface area (Å²) < 4.78 is 13.4. The molecule has 1 saturated heterocycles. The zero-order valence-electron chi connectivity index (χ0n) is 13.9. The molecule has 1 heterocycles. The average molecular weight is 323 g/mol. The highest BCUT2D eigenvalue weighted by atomic mass is 19.1. The fourth-order valence-electron chi connectivity index (χ4n) is 3.43. The van der Waals surface area contributed by atoms with E-state index in [0.29, 0.717) is 12.1 Å². The van der Waals surface area contributed by atoms with E-state index in [2.05, 4.69) is 47.5 Å². The van der Waals surface area contributed by atoms with Crippen LogP contribution in [0.1, 0.15) is 25.3 Å². The maximum Gasteiger partial charge on any atom is 0.128 e. The lowest BCUT2D eigenvalue weighted by atomic mass is 9.84. The highest BCUT2D eigenvalue weighted by Gasteiger charge is 2.38. The molecule has 1 aliphatic rings. The molecule has 2 aromatic carbocycles. The maximum atomic E-state index is 13.4. The summed E-state index contributed by atoms with van der Waals surface area (Å²) in [5, 5.41) is 13.0. The number of rotatable bonds is 4. The minimum Gasteiger partial charge on any atom is -0.367 e. The first-order chi connectivity index (χ1) is 11.6. The van der Waals surface area contributed by atoms with Gasteiger partial charge < -0.3 is 5.32 Å². The van der Waals surface area contributed by atoms with Crippen LogP contribution in [0.25, 0.3) is 0 Å². The van der Waals surface area contributed by atoms with Crippen molar-refractivity contribution in [3.05, 3.63) is 66.0 Å². The van der Waals surface area contributed by atoms with Crippen LogP contribution in [-0.2, 0) is 6.54 Å².